The van der Waals surface area contributed by atoms with Gasteiger partial charge in [0.1, 0.15) is 17.6 Å². The molecule has 1 aliphatic heterocycles. The second kappa shape index (κ2) is 10.5. The molecule has 0 unspecified atom stereocenters. The van der Waals surface area contributed by atoms with Crippen LogP contribution in [0.2, 0.25) is 0 Å². The molecule has 3 heterocycles. The number of rotatable bonds is 7. The summed E-state index contributed by atoms with van der Waals surface area (Å²) in [5.74, 6) is -1.61. The van der Waals surface area contributed by atoms with E-state index in [-0.39, 0.29) is 27.2 Å². The first kappa shape index (κ1) is 27.2. The summed E-state index contributed by atoms with van der Waals surface area (Å²) in [7, 11) is 0. The first-order valence-electron chi connectivity index (χ1n) is 11.8. The molecule has 0 bridgehead atoms. The smallest absolute Gasteiger partial charge is 0.391 e. The van der Waals surface area contributed by atoms with Crippen LogP contribution in [-0.2, 0) is 0 Å². The predicted octanol–water partition coefficient (Wildman–Crippen LogP) is 4.38. The highest BCUT2D eigenvalue weighted by molar-refractivity contribution is 7.17. The lowest BCUT2D eigenvalue weighted by Crippen LogP contribution is -2.50. The number of anilines is 1. The Hall–Kier alpha value is -2.87. The molecule has 37 heavy (non-hydrogen) atoms. The molecule has 14 heteroatoms. The lowest BCUT2D eigenvalue weighted by molar-refractivity contribution is -0.138. The molecule has 2 fully saturated rings. The van der Waals surface area contributed by atoms with Crippen molar-refractivity contribution in [3.63, 3.8) is 0 Å². The average molecular weight is 548 g/mol. The number of hydrogen-bond acceptors (Lipinski definition) is 7. The minimum Gasteiger partial charge on any atom is -0.391 e. The minimum absolute atomic E-state index is 0.0263. The van der Waals surface area contributed by atoms with E-state index in [1.54, 1.807) is 4.90 Å². The van der Waals surface area contributed by atoms with Crippen molar-refractivity contribution in [3.05, 3.63) is 28.5 Å². The second-order valence-corrected chi connectivity index (χ2v) is 10.3. The number of aliphatic hydroxyl groups excluding tert-OH is 1. The van der Waals surface area contributed by atoms with Crippen molar-refractivity contribution in [2.75, 3.05) is 11.9 Å². The molecule has 1 saturated carbocycles. The number of pyridine rings is 1. The van der Waals surface area contributed by atoms with Crippen molar-refractivity contribution in [1.82, 2.24) is 20.2 Å². The normalized spacial score (nSPS) is 22.6. The number of carbonyl (C=O) groups is 2. The zero-order valence-electron chi connectivity index (χ0n) is 20.0. The molecule has 2 aromatic rings. The van der Waals surface area contributed by atoms with Gasteiger partial charge in [0.05, 0.1) is 17.0 Å². The Morgan fingerprint density at radius 2 is 1.97 bits per heavy atom. The van der Waals surface area contributed by atoms with E-state index in [1.165, 1.54) is 0 Å². The highest BCUT2D eigenvalue weighted by Crippen LogP contribution is 2.39. The summed E-state index contributed by atoms with van der Waals surface area (Å²) in [6.45, 7) is 3.11. The largest absolute Gasteiger partial charge is 0.408 e. The number of nitrogens with zero attached hydrogens (tertiary/aromatic N) is 3. The second-order valence-electron chi connectivity index (χ2n) is 9.28. The standard InChI is InChI=1S/C23H26F5N5O3S/c1-10-4-3-7-33(10)22(36)17-18(37-21(32-17)20(35)31-14-5-6-15(14)34)13-9-29-16(8-12(13)19(24)25)30-11(2)23(26,27)28/h8-11,14-15,19,34H,3-7H2,1-2H3,(H,29,30)(H,31,35)/t10-,11-,14+,15-/m0/s1. The van der Waals surface area contributed by atoms with Crippen molar-refractivity contribution < 1.29 is 36.6 Å². The molecule has 0 aromatic carbocycles. The van der Waals surface area contributed by atoms with Gasteiger partial charge in [0.25, 0.3) is 18.2 Å². The van der Waals surface area contributed by atoms with Crippen LogP contribution >= 0.6 is 11.3 Å². The Bertz CT molecular complexity index is 1170. The highest BCUT2D eigenvalue weighted by Gasteiger charge is 2.37. The van der Waals surface area contributed by atoms with E-state index < -0.39 is 54.0 Å². The molecule has 1 saturated heterocycles. The van der Waals surface area contributed by atoms with Crippen LogP contribution in [0.15, 0.2) is 12.3 Å². The Morgan fingerprint density at radius 3 is 2.51 bits per heavy atom. The summed E-state index contributed by atoms with van der Waals surface area (Å²) in [6, 6.07) is -1.82. The zero-order valence-corrected chi connectivity index (χ0v) is 20.8. The third-order valence-corrected chi connectivity index (χ3v) is 7.75. The molecule has 8 nitrogen and oxygen atoms in total. The molecule has 3 N–H and O–H groups in total. The molecule has 202 valence electrons. The van der Waals surface area contributed by atoms with E-state index in [1.807, 2.05) is 6.92 Å². The quantitative estimate of drug-likeness (QED) is 0.444. The first-order valence-corrected chi connectivity index (χ1v) is 12.6. The van der Waals surface area contributed by atoms with E-state index in [0.717, 1.165) is 32.0 Å². The van der Waals surface area contributed by atoms with Crippen LogP contribution in [0.4, 0.5) is 27.8 Å². The SMILES string of the molecule is C[C@H](Nc1cc(C(F)F)c(-c2sc(C(=O)N[C@@H]3CC[C@@H]3O)nc2C(=O)N2CCC[C@@H]2C)cn1)C(F)(F)F. The third kappa shape index (κ3) is 5.69. The van der Waals surface area contributed by atoms with Crippen molar-refractivity contribution in [1.29, 1.82) is 0 Å². The maximum atomic E-state index is 14.1. The van der Waals surface area contributed by atoms with Crippen molar-refractivity contribution in [2.45, 2.75) is 76.4 Å². The van der Waals surface area contributed by atoms with Gasteiger partial charge in [-0.3, -0.25) is 9.59 Å². The van der Waals surface area contributed by atoms with Crippen LogP contribution in [-0.4, -0.2) is 68.7 Å². The number of nitrogens with one attached hydrogen (secondary N) is 2. The van der Waals surface area contributed by atoms with Crippen molar-refractivity contribution >= 4 is 29.0 Å². The van der Waals surface area contributed by atoms with E-state index in [2.05, 4.69) is 20.6 Å². The zero-order chi connectivity index (χ0) is 27.1. The van der Waals surface area contributed by atoms with Crippen LogP contribution in [0.25, 0.3) is 10.4 Å². The van der Waals surface area contributed by atoms with E-state index in [0.29, 0.717) is 30.7 Å². The van der Waals surface area contributed by atoms with Crippen LogP contribution in [0.1, 0.15) is 71.8 Å². The first-order chi connectivity index (χ1) is 17.4. The third-order valence-electron chi connectivity index (χ3n) is 6.66. The summed E-state index contributed by atoms with van der Waals surface area (Å²) in [6.07, 6.45) is -4.89. The van der Waals surface area contributed by atoms with Crippen molar-refractivity contribution in [3.8, 4) is 10.4 Å². The molecule has 2 amide bonds. The van der Waals surface area contributed by atoms with Gasteiger partial charge in [0.2, 0.25) is 0 Å². The Balaban J connectivity index is 1.74. The number of thiazole rings is 1. The fourth-order valence-corrected chi connectivity index (χ4v) is 5.21. The van der Waals surface area contributed by atoms with Gasteiger partial charge >= 0.3 is 6.18 Å². The number of carbonyl (C=O) groups excluding carboxylic acids is 2. The van der Waals surface area contributed by atoms with E-state index in [4.69, 9.17) is 0 Å². The van der Waals surface area contributed by atoms with Crippen LogP contribution < -0.4 is 10.6 Å². The lowest BCUT2D eigenvalue weighted by Gasteiger charge is -2.32. The summed E-state index contributed by atoms with van der Waals surface area (Å²) in [4.78, 5) is 35.8. The van der Waals surface area contributed by atoms with E-state index >= 15 is 0 Å². The number of alkyl halides is 5. The van der Waals surface area contributed by atoms with Crippen LogP contribution in [0, 0.1) is 0 Å². The Kier molecular flexibility index (Phi) is 7.70. The van der Waals surface area contributed by atoms with Gasteiger partial charge in [-0.2, -0.15) is 13.2 Å². The molecular weight excluding hydrogens is 521 g/mol. The number of amides is 2. The molecule has 0 radical (unpaired) electrons. The van der Waals surface area contributed by atoms with Gasteiger partial charge in [0.15, 0.2) is 5.01 Å². The Morgan fingerprint density at radius 1 is 1.24 bits per heavy atom. The summed E-state index contributed by atoms with van der Waals surface area (Å²) < 4.78 is 67.0. The molecule has 2 aromatic heterocycles. The van der Waals surface area contributed by atoms with Gasteiger partial charge in [-0.15, -0.1) is 11.3 Å². The van der Waals surface area contributed by atoms with Gasteiger partial charge in [-0.1, -0.05) is 0 Å². The number of hydrogen-bond donors (Lipinski definition) is 3. The average Bonchev–Trinajstić information content (AvgIpc) is 3.47. The van der Waals surface area contributed by atoms with Gasteiger partial charge in [-0.05, 0) is 45.6 Å². The maximum absolute atomic E-state index is 14.1. The summed E-state index contributed by atoms with van der Waals surface area (Å²) in [5.41, 5.74) is -1.05. The molecule has 2 aliphatic rings. The van der Waals surface area contributed by atoms with Gasteiger partial charge < -0.3 is 20.6 Å². The predicted molar refractivity (Wildman–Crippen MR) is 126 cm³/mol. The fraction of sp³-hybridized carbons (Fsp3) is 0.565. The summed E-state index contributed by atoms with van der Waals surface area (Å²) >= 11 is 0.716. The van der Waals surface area contributed by atoms with E-state index in [9.17, 15) is 36.6 Å². The van der Waals surface area contributed by atoms with Gasteiger partial charge in [-0.25, -0.2) is 18.7 Å². The van der Waals surface area contributed by atoms with Crippen LogP contribution in [0.5, 0.6) is 0 Å². The number of aromatic nitrogens is 2. The number of halogens is 5. The van der Waals surface area contributed by atoms with Gasteiger partial charge in [0, 0.05) is 29.9 Å². The molecule has 4 atom stereocenters. The molecule has 1 aliphatic carbocycles. The highest BCUT2D eigenvalue weighted by atomic mass is 32.1. The maximum Gasteiger partial charge on any atom is 0.408 e. The minimum atomic E-state index is -4.62. The molecule has 4 rings (SSSR count). The molecule has 0 spiro atoms. The monoisotopic (exact) mass is 547 g/mol. The van der Waals surface area contributed by atoms with Crippen molar-refractivity contribution in [2.24, 2.45) is 0 Å². The Labute approximate surface area is 213 Å². The number of likely N-dealkylation sites (tertiary alicyclic amines) is 1. The summed E-state index contributed by atoms with van der Waals surface area (Å²) in [5, 5.41) is 14.3. The molecular formula is C23H26F5N5O3S. The fourth-order valence-electron chi connectivity index (χ4n) is 4.22. The lowest BCUT2D eigenvalue weighted by atomic mass is 9.89. The van der Waals surface area contributed by atoms with Crippen LogP contribution in [0.3, 0.4) is 0 Å². The topological polar surface area (TPSA) is 107 Å². The number of aliphatic hydroxyl groups is 1.